The number of para-hydroxylation sites is 1. The number of hydrogen-bond donors (Lipinski definition) is 2. The van der Waals surface area contributed by atoms with E-state index in [4.69, 9.17) is 0 Å². The van der Waals surface area contributed by atoms with E-state index in [0.717, 1.165) is 33.6 Å². The van der Waals surface area contributed by atoms with E-state index in [1.165, 1.54) is 37.7 Å². The molecule has 0 bridgehead atoms. The molecule has 0 atom stereocenters. The third kappa shape index (κ3) is 5.79. The van der Waals surface area contributed by atoms with Gasteiger partial charge in [-0.05, 0) is 35.9 Å². The minimum atomic E-state index is -0.139. The van der Waals surface area contributed by atoms with Gasteiger partial charge in [0, 0.05) is 35.2 Å². The lowest BCUT2D eigenvalue weighted by Crippen LogP contribution is -3.10. The monoisotopic (exact) mass is 500 g/mol. The SMILES string of the molecule is O=C(CN1C(=O)C(=Cc2cccc(Br)c2)Sc2ccccc21)NCCC[NH+]1CCCC1. The van der Waals surface area contributed by atoms with Crippen LogP contribution < -0.4 is 15.1 Å². The van der Waals surface area contributed by atoms with Gasteiger partial charge in [0.1, 0.15) is 6.54 Å². The second-order valence-electron chi connectivity index (χ2n) is 7.94. The van der Waals surface area contributed by atoms with Gasteiger partial charge in [-0.2, -0.15) is 0 Å². The smallest absolute Gasteiger partial charge is 0.265 e. The largest absolute Gasteiger partial charge is 0.354 e. The summed E-state index contributed by atoms with van der Waals surface area (Å²) in [6, 6.07) is 15.6. The van der Waals surface area contributed by atoms with Crippen LogP contribution in [0.25, 0.3) is 6.08 Å². The molecule has 2 aromatic carbocycles. The third-order valence-electron chi connectivity index (χ3n) is 5.62. The first kappa shape index (κ1) is 22.1. The van der Waals surface area contributed by atoms with Crippen LogP contribution in [0.3, 0.4) is 0 Å². The average Bonchev–Trinajstić information content (AvgIpc) is 3.28. The molecule has 0 radical (unpaired) electrons. The fourth-order valence-corrected chi connectivity index (χ4v) is 5.53. The second-order valence-corrected chi connectivity index (χ2v) is 9.93. The summed E-state index contributed by atoms with van der Waals surface area (Å²) in [6.45, 7) is 4.28. The van der Waals surface area contributed by atoms with Crippen molar-refractivity contribution in [2.75, 3.05) is 37.6 Å². The molecule has 2 aromatic rings. The summed E-state index contributed by atoms with van der Waals surface area (Å²) in [7, 11) is 0. The molecule has 7 heteroatoms. The highest BCUT2D eigenvalue weighted by Gasteiger charge is 2.30. The maximum absolute atomic E-state index is 13.3. The standard InChI is InChI=1S/C24H26BrN3O2S/c25-19-8-5-7-18(15-19)16-22-24(30)28(20-9-1-2-10-21(20)31-22)17-23(29)26-11-6-14-27-12-3-4-13-27/h1-2,5,7-10,15-16H,3-4,6,11-14,17H2,(H,26,29)/p+1. The highest BCUT2D eigenvalue weighted by atomic mass is 79.9. The zero-order chi connectivity index (χ0) is 21.6. The Morgan fingerprint density at radius 3 is 2.77 bits per heavy atom. The molecule has 0 saturated carbocycles. The van der Waals surface area contributed by atoms with E-state index >= 15 is 0 Å². The van der Waals surface area contributed by atoms with E-state index in [1.807, 2.05) is 54.6 Å². The number of thioether (sulfide) groups is 1. The van der Waals surface area contributed by atoms with Gasteiger partial charge in [-0.3, -0.25) is 14.5 Å². The molecule has 31 heavy (non-hydrogen) atoms. The van der Waals surface area contributed by atoms with Gasteiger partial charge >= 0.3 is 0 Å². The minimum Gasteiger partial charge on any atom is -0.354 e. The van der Waals surface area contributed by atoms with Gasteiger partial charge in [0.25, 0.3) is 5.91 Å². The Morgan fingerprint density at radius 1 is 1.16 bits per heavy atom. The number of benzene rings is 2. The number of quaternary nitrogens is 1. The summed E-state index contributed by atoms with van der Waals surface area (Å²) >= 11 is 4.93. The van der Waals surface area contributed by atoms with Gasteiger partial charge in [0.2, 0.25) is 5.91 Å². The number of halogens is 1. The van der Waals surface area contributed by atoms with Gasteiger partial charge in [0.05, 0.1) is 30.2 Å². The molecule has 2 amide bonds. The molecular formula is C24H27BrN3O2S+. The Bertz CT molecular complexity index is 988. The van der Waals surface area contributed by atoms with Gasteiger partial charge in [-0.25, -0.2) is 0 Å². The van der Waals surface area contributed by atoms with Crippen LogP contribution in [0, 0.1) is 0 Å². The first-order valence-corrected chi connectivity index (χ1v) is 12.4. The first-order chi connectivity index (χ1) is 15.1. The van der Waals surface area contributed by atoms with Crippen LogP contribution in [-0.4, -0.2) is 44.5 Å². The van der Waals surface area contributed by atoms with Crippen LogP contribution >= 0.6 is 27.7 Å². The van der Waals surface area contributed by atoms with Crippen LogP contribution in [0.15, 0.2) is 62.8 Å². The molecule has 0 aromatic heterocycles. The number of anilines is 1. The molecule has 2 aliphatic rings. The lowest BCUT2D eigenvalue weighted by atomic mass is 10.2. The van der Waals surface area contributed by atoms with Crippen LogP contribution in [0.4, 0.5) is 5.69 Å². The van der Waals surface area contributed by atoms with Crippen molar-refractivity contribution in [2.45, 2.75) is 24.2 Å². The summed E-state index contributed by atoms with van der Waals surface area (Å²) in [5.74, 6) is -0.256. The molecule has 1 fully saturated rings. The van der Waals surface area contributed by atoms with Gasteiger partial charge in [0.15, 0.2) is 0 Å². The fourth-order valence-electron chi connectivity index (χ4n) is 4.06. The van der Waals surface area contributed by atoms with Crippen LogP contribution in [0.1, 0.15) is 24.8 Å². The number of nitrogens with zero attached hydrogens (tertiary/aromatic N) is 1. The zero-order valence-corrected chi connectivity index (χ0v) is 19.8. The van der Waals surface area contributed by atoms with E-state index < -0.39 is 0 Å². The fraction of sp³-hybridized carbons (Fsp3) is 0.333. The molecule has 5 nitrogen and oxygen atoms in total. The number of likely N-dealkylation sites (tertiary alicyclic amines) is 1. The Morgan fingerprint density at radius 2 is 1.97 bits per heavy atom. The summed E-state index contributed by atoms with van der Waals surface area (Å²) in [5, 5.41) is 3.00. The molecule has 2 aliphatic heterocycles. The maximum atomic E-state index is 13.3. The van der Waals surface area contributed by atoms with Gasteiger partial charge < -0.3 is 10.2 Å². The van der Waals surface area contributed by atoms with E-state index in [1.54, 1.807) is 9.80 Å². The van der Waals surface area contributed by atoms with E-state index in [-0.39, 0.29) is 18.4 Å². The lowest BCUT2D eigenvalue weighted by Gasteiger charge is -2.29. The van der Waals surface area contributed by atoms with Crippen molar-refractivity contribution in [1.82, 2.24) is 5.32 Å². The number of hydrogen-bond acceptors (Lipinski definition) is 3. The highest BCUT2D eigenvalue weighted by Crippen LogP contribution is 2.41. The maximum Gasteiger partial charge on any atom is 0.265 e. The van der Waals surface area contributed by atoms with E-state index in [2.05, 4.69) is 21.2 Å². The first-order valence-electron chi connectivity index (χ1n) is 10.8. The summed E-state index contributed by atoms with van der Waals surface area (Å²) in [4.78, 5) is 30.7. The number of nitrogens with one attached hydrogen (secondary N) is 2. The molecule has 0 unspecified atom stereocenters. The van der Waals surface area contributed by atoms with Crippen molar-refractivity contribution in [3.05, 3.63) is 63.5 Å². The number of carbonyl (C=O) groups excluding carboxylic acids is 2. The van der Waals surface area contributed by atoms with Crippen LogP contribution in [0.2, 0.25) is 0 Å². The minimum absolute atomic E-state index is 0.0306. The zero-order valence-electron chi connectivity index (χ0n) is 17.4. The lowest BCUT2D eigenvalue weighted by molar-refractivity contribution is -0.887. The van der Waals surface area contributed by atoms with Crippen molar-refractivity contribution in [2.24, 2.45) is 0 Å². The number of carbonyl (C=O) groups is 2. The summed E-state index contributed by atoms with van der Waals surface area (Å²) in [6.07, 6.45) is 5.48. The van der Waals surface area contributed by atoms with Crippen molar-refractivity contribution in [1.29, 1.82) is 0 Å². The molecule has 2 N–H and O–H groups in total. The van der Waals surface area contributed by atoms with Crippen LogP contribution in [-0.2, 0) is 9.59 Å². The van der Waals surface area contributed by atoms with E-state index in [0.29, 0.717) is 11.4 Å². The van der Waals surface area contributed by atoms with Crippen molar-refractivity contribution < 1.29 is 14.5 Å². The summed E-state index contributed by atoms with van der Waals surface area (Å²) < 4.78 is 0.961. The van der Waals surface area contributed by atoms with Gasteiger partial charge in [-0.15, -0.1) is 0 Å². The average molecular weight is 501 g/mol. The molecule has 162 valence electrons. The molecule has 0 aliphatic carbocycles. The summed E-state index contributed by atoms with van der Waals surface area (Å²) in [5.41, 5.74) is 1.74. The van der Waals surface area contributed by atoms with Crippen molar-refractivity contribution in [3.8, 4) is 0 Å². The second kappa shape index (κ2) is 10.5. The van der Waals surface area contributed by atoms with E-state index in [9.17, 15) is 9.59 Å². The Kier molecular flexibility index (Phi) is 7.48. The quantitative estimate of drug-likeness (QED) is 0.453. The van der Waals surface area contributed by atoms with Gasteiger partial charge in [-0.1, -0.05) is 52.0 Å². The predicted molar refractivity (Wildman–Crippen MR) is 129 cm³/mol. The highest BCUT2D eigenvalue weighted by molar-refractivity contribution is 9.10. The van der Waals surface area contributed by atoms with Crippen molar-refractivity contribution >= 4 is 51.3 Å². The number of rotatable bonds is 7. The molecule has 0 spiro atoms. The molecule has 2 heterocycles. The number of amides is 2. The topological polar surface area (TPSA) is 53.9 Å². The number of fused-ring (bicyclic) bond motifs is 1. The molecular weight excluding hydrogens is 474 g/mol. The van der Waals surface area contributed by atoms with Crippen LogP contribution in [0.5, 0.6) is 0 Å². The molecule has 4 rings (SSSR count). The van der Waals surface area contributed by atoms with Crippen molar-refractivity contribution in [3.63, 3.8) is 0 Å². The Labute approximate surface area is 196 Å². The molecule has 1 saturated heterocycles. The Balaban J connectivity index is 1.43. The normalized spacial score (nSPS) is 17.8. The predicted octanol–water partition coefficient (Wildman–Crippen LogP) is 3.11. The third-order valence-corrected chi connectivity index (χ3v) is 7.19. The Hall–Kier alpha value is -2.09.